The standard InChI is InChI=1S/C24H26N2O3S/c1-3-26(4-2)30(28,29)23-12-8-11-22(18-23)25-24(27)17-19-13-15-21(16-14-19)20-9-6-5-7-10-20/h5-16,18H,3-4,17H2,1-2H3,(H,25,27). The molecule has 30 heavy (non-hydrogen) atoms. The Morgan fingerprint density at radius 1 is 0.833 bits per heavy atom. The van der Waals surface area contributed by atoms with Crippen LogP contribution in [0.25, 0.3) is 11.1 Å². The first-order valence-electron chi connectivity index (χ1n) is 9.98. The van der Waals surface area contributed by atoms with E-state index in [1.165, 1.54) is 10.4 Å². The van der Waals surface area contributed by atoms with Crippen LogP contribution >= 0.6 is 0 Å². The van der Waals surface area contributed by atoms with Gasteiger partial charge in [0.25, 0.3) is 0 Å². The fourth-order valence-electron chi connectivity index (χ4n) is 3.28. The average Bonchev–Trinajstić information content (AvgIpc) is 2.76. The molecule has 3 aromatic carbocycles. The second-order valence-electron chi connectivity index (χ2n) is 6.91. The van der Waals surface area contributed by atoms with E-state index < -0.39 is 10.0 Å². The van der Waals surface area contributed by atoms with Gasteiger partial charge in [-0.3, -0.25) is 4.79 Å². The molecule has 1 amide bonds. The highest BCUT2D eigenvalue weighted by molar-refractivity contribution is 7.89. The number of nitrogens with zero attached hydrogens (tertiary/aromatic N) is 1. The van der Waals surface area contributed by atoms with Crippen molar-refractivity contribution in [1.29, 1.82) is 0 Å². The highest BCUT2D eigenvalue weighted by Crippen LogP contribution is 2.21. The number of benzene rings is 3. The van der Waals surface area contributed by atoms with Crippen molar-refractivity contribution in [2.45, 2.75) is 25.2 Å². The molecule has 0 aliphatic rings. The van der Waals surface area contributed by atoms with Crippen LogP contribution in [-0.4, -0.2) is 31.7 Å². The second-order valence-corrected chi connectivity index (χ2v) is 8.84. The van der Waals surface area contributed by atoms with E-state index in [1.54, 1.807) is 32.0 Å². The molecule has 0 aliphatic carbocycles. The predicted molar refractivity (Wildman–Crippen MR) is 121 cm³/mol. The van der Waals surface area contributed by atoms with Gasteiger partial charge in [0.1, 0.15) is 0 Å². The Labute approximate surface area is 178 Å². The molecule has 0 radical (unpaired) electrons. The molecule has 5 nitrogen and oxygen atoms in total. The molecule has 3 rings (SSSR count). The molecule has 0 spiro atoms. The number of anilines is 1. The van der Waals surface area contributed by atoms with E-state index in [4.69, 9.17) is 0 Å². The van der Waals surface area contributed by atoms with Crippen LogP contribution in [0.3, 0.4) is 0 Å². The molecule has 1 N–H and O–H groups in total. The summed E-state index contributed by atoms with van der Waals surface area (Å²) < 4.78 is 26.8. The van der Waals surface area contributed by atoms with Gasteiger partial charge in [0.05, 0.1) is 11.3 Å². The SMILES string of the molecule is CCN(CC)S(=O)(=O)c1cccc(NC(=O)Cc2ccc(-c3ccccc3)cc2)c1. The second kappa shape index (κ2) is 9.69. The van der Waals surface area contributed by atoms with Crippen molar-refractivity contribution in [2.24, 2.45) is 0 Å². The van der Waals surface area contributed by atoms with Crippen LogP contribution < -0.4 is 5.32 Å². The summed E-state index contributed by atoms with van der Waals surface area (Å²) in [5.41, 5.74) is 3.57. The van der Waals surface area contributed by atoms with Gasteiger partial charge in [0, 0.05) is 18.8 Å². The van der Waals surface area contributed by atoms with Crippen molar-refractivity contribution in [1.82, 2.24) is 4.31 Å². The molecule has 0 saturated carbocycles. The molecule has 0 heterocycles. The topological polar surface area (TPSA) is 66.5 Å². The summed E-state index contributed by atoms with van der Waals surface area (Å²) >= 11 is 0. The molecular weight excluding hydrogens is 396 g/mol. The third-order valence-electron chi connectivity index (χ3n) is 4.89. The third kappa shape index (κ3) is 5.14. The summed E-state index contributed by atoms with van der Waals surface area (Å²) in [5.74, 6) is -0.195. The maximum atomic E-state index is 12.7. The normalized spacial score (nSPS) is 11.4. The fraction of sp³-hybridized carbons (Fsp3) is 0.208. The van der Waals surface area contributed by atoms with Crippen LogP contribution in [0.5, 0.6) is 0 Å². The molecular formula is C24H26N2O3S. The molecule has 0 bridgehead atoms. The van der Waals surface area contributed by atoms with Crippen molar-refractivity contribution in [3.8, 4) is 11.1 Å². The quantitative estimate of drug-likeness (QED) is 0.578. The molecule has 6 heteroatoms. The van der Waals surface area contributed by atoms with E-state index in [2.05, 4.69) is 5.32 Å². The van der Waals surface area contributed by atoms with E-state index in [-0.39, 0.29) is 17.2 Å². The van der Waals surface area contributed by atoms with Crippen LogP contribution in [-0.2, 0) is 21.2 Å². The number of amides is 1. The first-order chi connectivity index (χ1) is 14.4. The molecule has 0 saturated heterocycles. The highest BCUT2D eigenvalue weighted by Gasteiger charge is 2.21. The van der Waals surface area contributed by atoms with Crippen LogP contribution in [0.4, 0.5) is 5.69 Å². The van der Waals surface area contributed by atoms with E-state index in [0.717, 1.165) is 16.7 Å². The van der Waals surface area contributed by atoms with Gasteiger partial charge in [-0.15, -0.1) is 0 Å². The van der Waals surface area contributed by atoms with Gasteiger partial charge in [-0.1, -0.05) is 74.5 Å². The zero-order chi connectivity index (χ0) is 21.6. The van der Waals surface area contributed by atoms with E-state index in [1.807, 2.05) is 54.6 Å². The summed E-state index contributed by atoms with van der Waals surface area (Å²) in [6.07, 6.45) is 0.210. The molecule has 0 atom stereocenters. The lowest BCUT2D eigenvalue weighted by Gasteiger charge is -2.18. The zero-order valence-corrected chi connectivity index (χ0v) is 18.0. The predicted octanol–water partition coefficient (Wildman–Crippen LogP) is 4.57. The fourth-order valence-corrected chi connectivity index (χ4v) is 4.79. The molecule has 0 aromatic heterocycles. The number of nitrogens with one attached hydrogen (secondary N) is 1. The molecule has 156 valence electrons. The third-order valence-corrected chi connectivity index (χ3v) is 6.93. The summed E-state index contributed by atoms with van der Waals surface area (Å²) in [6.45, 7) is 4.40. The van der Waals surface area contributed by atoms with Gasteiger partial charge in [0.2, 0.25) is 15.9 Å². The van der Waals surface area contributed by atoms with Gasteiger partial charge in [0.15, 0.2) is 0 Å². The number of rotatable bonds is 8. The summed E-state index contributed by atoms with van der Waals surface area (Å²) in [7, 11) is -3.57. The van der Waals surface area contributed by atoms with Crippen LogP contribution in [0, 0.1) is 0 Å². The number of carbonyl (C=O) groups excluding carboxylic acids is 1. The van der Waals surface area contributed by atoms with Crippen LogP contribution in [0.2, 0.25) is 0 Å². The first kappa shape index (κ1) is 21.7. The number of hydrogen-bond donors (Lipinski definition) is 1. The summed E-state index contributed by atoms with van der Waals surface area (Å²) in [6, 6.07) is 24.3. The van der Waals surface area contributed by atoms with Gasteiger partial charge in [-0.2, -0.15) is 4.31 Å². The average molecular weight is 423 g/mol. The Morgan fingerprint density at radius 3 is 2.10 bits per heavy atom. The maximum Gasteiger partial charge on any atom is 0.243 e. The Bertz CT molecular complexity index is 1090. The monoisotopic (exact) mass is 422 g/mol. The van der Waals surface area contributed by atoms with Crippen molar-refractivity contribution in [3.05, 3.63) is 84.4 Å². The highest BCUT2D eigenvalue weighted by atomic mass is 32.2. The molecule has 0 unspecified atom stereocenters. The largest absolute Gasteiger partial charge is 0.326 e. The van der Waals surface area contributed by atoms with Gasteiger partial charge in [-0.05, 0) is 34.9 Å². The first-order valence-corrected chi connectivity index (χ1v) is 11.4. The maximum absolute atomic E-state index is 12.7. The Kier molecular flexibility index (Phi) is 7.03. The Balaban J connectivity index is 1.68. The smallest absolute Gasteiger partial charge is 0.243 e. The lowest BCUT2D eigenvalue weighted by Crippen LogP contribution is -2.30. The van der Waals surface area contributed by atoms with Crippen molar-refractivity contribution in [3.63, 3.8) is 0 Å². The van der Waals surface area contributed by atoms with Crippen LogP contribution in [0.1, 0.15) is 19.4 Å². The van der Waals surface area contributed by atoms with E-state index >= 15 is 0 Å². The van der Waals surface area contributed by atoms with E-state index in [0.29, 0.717) is 18.8 Å². The Hall–Kier alpha value is -2.96. The lowest BCUT2D eigenvalue weighted by molar-refractivity contribution is -0.115. The summed E-state index contributed by atoms with van der Waals surface area (Å²) in [4.78, 5) is 12.7. The number of carbonyl (C=O) groups is 1. The Morgan fingerprint density at radius 2 is 1.47 bits per heavy atom. The van der Waals surface area contributed by atoms with Crippen LogP contribution in [0.15, 0.2) is 83.8 Å². The zero-order valence-electron chi connectivity index (χ0n) is 17.2. The van der Waals surface area contributed by atoms with Crippen molar-refractivity contribution < 1.29 is 13.2 Å². The minimum atomic E-state index is -3.57. The molecule has 3 aromatic rings. The minimum absolute atomic E-state index is 0.177. The lowest BCUT2D eigenvalue weighted by atomic mass is 10.0. The van der Waals surface area contributed by atoms with Crippen molar-refractivity contribution in [2.75, 3.05) is 18.4 Å². The molecule has 0 aliphatic heterocycles. The van der Waals surface area contributed by atoms with Gasteiger partial charge in [-0.25, -0.2) is 8.42 Å². The van der Waals surface area contributed by atoms with Crippen molar-refractivity contribution >= 4 is 21.6 Å². The number of hydrogen-bond acceptors (Lipinski definition) is 3. The van der Waals surface area contributed by atoms with E-state index in [9.17, 15) is 13.2 Å². The minimum Gasteiger partial charge on any atom is -0.326 e. The molecule has 0 fully saturated rings. The summed E-state index contributed by atoms with van der Waals surface area (Å²) in [5, 5.41) is 2.80. The van der Waals surface area contributed by atoms with Gasteiger partial charge < -0.3 is 5.32 Å². The van der Waals surface area contributed by atoms with Gasteiger partial charge >= 0.3 is 0 Å². The number of sulfonamides is 1.